The van der Waals surface area contributed by atoms with Crippen molar-refractivity contribution in [2.24, 2.45) is 5.92 Å². The smallest absolute Gasteiger partial charge is 0.308 e. The van der Waals surface area contributed by atoms with Gasteiger partial charge in [0.15, 0.2) is 0 Å². The van der Waals surface area contributed by atoms with Crippen LogP contribution in [0.3, 0.4) is 0 Å². The fourth-order valence-electron chi connectivity index (χ4n) is 3.16. The molecule has 1 saturated heterocycles. The number of likely N-dealkylation sites (tertiary alicyclic amines) is 1. The highest BCUT2D eigenvalue weighted by molar-refractivity contribution is 5.94. The molecular formula is C18H27N3O3. The Bertz CT molecular complexity index is 573. The van der Waals surface area contributed by atoms with E-state index in [-0.39, 0.29) is 18.5 Å². The molecule has 0 aromatic carbocycles. The number of carbonyl (C=O) groups excluding carboxylic acids is 1. The van der Waals surface area contributed by atoms with Crippen molar-refractivity contribution in [2.75, 3.05) is 24.5 Å². The van der Waals surface area contributed by atoms with E-state index in [1.54, 1.807) is 17.2 Å². The lowest BCUT2D eigenvalue weighted by atomic mass is 9.93. The first-order valence-corrected chi connectivity index (χ1v) is 8.72. The van der Waals surface area contributed by atoms with Crippen molar-refractivity contribution in [1.82, 2.24) is 9.88 Å². The lowest BCUT2D eigenvalue weighted by Crippen LogP contribution is -2.47. The molecular weight excluding hydrogens is 306 g/mol. The van der Waals surface area contributed by atoms with Gasteiger partial charge < -0.3 is 14.9 Å². The van der Waals surface area contributed by atoms with Crippen molar-refractivity contribution in [2.45, 2.75) is 46.1 Å². The topological polar surface area (TPSA) is 73.7 Å². The summed E-state index contributed by atoms with van der Waals surface area (Å²) in [4.78, 5) is 32.2. The van der Waals surface area contributed by atoms with Crippen molar-refractivity contribution < 1.29 is 14.7 Å². The number of pyridine rings is 1. The molecule has 2 unspecified atom stereocenters. The summed E-state index contributed by atoms with van der Waals surface area (Å²) in [5.41, 5.74) is 0.518. The number of carbonyl (C=O) groups is 2. The maximum Gasteiger partial charge on any atom is 0.308 e. The zero-order valence-electron chi connectivity index (χ0n) is 14.7. The summed E-state index contributed by atoms with van der Waals surface area (Å²) in [5.74, 6) is -0.569. The second kappa shape index (κ2) is 8.13. The van der Waals surface area contributed by atoms with Gasteiger partial charge in [-0.1, -0.05) is 6.92 Å². The van der Waals surface area contributed by atoms with Crippen LogP contribution < -0.4 is 4.90 Å². The summed E-state index contributed by atoms with van der Waals surface area (Å²) in [6.45, 7) is 8.25. The van der Waals surface area contributed by atoms with Crippen LogP contribution in [0.5, 0.6) is 0 Å². The van der Waals surface area contributed by atoms with Crippen molar-refractivity contribution in [3.8, 4) is 0 Å². The molecule has 1 fully saturated rings. The van der Waals surface area contributed by atoms with Gasteiger partial charge >= 0.3 is 5.97 Å². The van der Waals surface area contributed by atoms with Gasteiger partial charge in [0, 0.05) is 31.9 Å². The van der Waals surface area contributed by atoms with Gasteiger partial charge in [0.2, 0.25) is 0 Å². The number of aliphatic carboxylic acids is 1. The van der Waals surface area contributed by atoms with E-state index in [2.05, 4.69) is 23.7 Å². The summed E-state index contributed by atoms with van der Waals surface area (Å²) in [5, 5.41) is 9.21. The van der Waals surface area contributed by atoms with Gasteiger partial charge in [0.05, 0.1) is 11.5 Å². The number of rotatable bonds is 6. The molecule has 1 aliphatic rings. The summed E-state index contributed by atoms with van der Waals surface area (Å²) in [7, 11) is 0. The minimum Gasteiger partial charge on any atom is -0.481 e. The molecule has 2 heterocycles. The summed E-state index contributed by atoms with van der Waals surface area (Å²) in [6.07, 6.45) is 3.99. The molecule has 132 valence electrons. The number of hydrogen-bond donors (Lipinski definition) is 1. The van der Waals surface area contributed by atoms with Crippen molar-refractivity contribution >= 4 is 17.7 Å². The maximum absolute atomic E-state index is 12.7. The predicted molar refractivity (Wildman–Crippen MR) is 93.3 cm³/mol. The average Bonchev–Trinajstić information content (AvgIpc) is 2.59. The molecule has 1 aromatic heterocycles. The van der Waals surface area contributed by atoms with Gasteiger partial charge in [-0.2, -0.15) is 0 Å². The Morgan fingerprint density at radius 3 is 2.62 bits per heavy atom. The molecule has 6 heteroatoms. The predicted octanol–water partition coefficient (Wildman–Crippen LogP) is 2.64. The van der Waals surface area contributed by atoms with Crippen LogP contribution in [0.2, 0.25) is 0 Å². The molecule has 0 spiro atoms. The average molecular weight is 333 g/mol. The number of anilines is 1. The molecule has 2 atom stereocenters. The van der Waals surface area contributed by atoms with Crippen LogP contribution >= 0.6 is 0 Å². The normalized spacial score (nSPS) is 20.7. The molecule has 1 amide bonds. The van der Waals surface area contributed by atoms with Crippen LogP contribution in [-0.4, -0.2) is 52.5 Å². The zero-order chi connectivity index (χ0) is 17.7. The molecule has 24 heavy (non-hydrogen) atoms. The molecule has 0 radical (unpaired) electrons. The number of aromatic nitrogens is 1. The van der Waals surface area contributed by atoms with Crippen molar-refractivity contribution in [1.29, 1.82) is 0 Å². The minimum atomic E-state index is -0.827. The number of carboxylic acids is 1. The first-order valence-electron chi connectivity index (χ1n) is 8.72. The molecule has 1 aromatic rings. The molecule has 0 aliphatic carbocycles. The van der Waals surface area contributed by atoms with Crippen LogP contribution in [0.4, 0.5) is 5.82 Å². The second-order valence-corrected chi connectivity index (χ2v) is 6.40. The number of carboxylic acid groups (broad SMARTS) is 1. The highest BCUT2D eigenvalue weighted by atomic mass is 16.4. The number of nitrogens with zero attached hydrogens (tertiary/aromatic N) is 3. The number of hydrogen-bond acceptors (Lipinski definition) is 4. The van der Waals surface area contributed by atoms with Crippen molar-refractivity contribution in [3.05, 3.63) is 23.9 Å². The Balaban J connectivity index is 2.12. The Morgan fingerprint density at radius 1 is 1.33 bits per heavy atom. The van der Waals surface area contributed by atoms with E-state index in [1.165, 1.54) is 0 Å². The minimum absolute atomic E-state index is 0.0556. The fourth-order valence-corrected chi connectivity index (χ4v) is 3.16. The Kier molecular flexibility index (Phi) is 6.17. The molecule has 1 N–H and O–H groups in total. The van der Waals surface area contributed by atoms with E-state index >= 15 is 0 Å². The quantitative estimate of drug-likeness (QED) is 0.866. The van der Waals surface area contributed by atoms with Gasteiger partial charge in [0.25, 0.3) is 5.91 Å². The summed E-state index contributed by atoms with van der Waals surface area (Å²) >= 11 is 0. The van der Waals surface area contributed by atoms with Gasteiger partial charge in [-0.05, 0) is 45.2 Å². The third-order valence-corrected chi connectivity index (χ3v) is 4.69. The van der Waals surface area contributed by atoms with Crippen LogP contribution in [-0.2, 0) is 4.79 Å². The summed E-state index contributed by atoms with van der Waals surface area (Å²) < 4.78 is 0. The highest BCUT2D eigenvalue weighted by Crippen LogP contribution is 2.24. The first kappa shape index (κ1) is 18.2. The van der Waals surface area contributed by atoms with Gasteiger partial charge in [-0.15, -0.1) is 0 Å². The Hall–Kier alpha value is -2.11. The van der Waals surface area contributed by atoms with Gasteiger partial charge in [-0.3, -0.25) is 9.59 Å². The Labute approximate surface area is 143 Å². The van der Waals surface area contributed by atoms with E-state index < -0.39 is 11.9 Å². The maximum atomic E-state index is 12.7. The SMILES string of the molecule is CCCN(CC)c1ccc(C(=O)N2CC(C(=O)O)CCC2C)cn1. The van der Waals surface area contributed by atoms with E-state index in [4.69, 9.17) is 0 Å². The third-order valence-electron chi connectivity index (χ3n) is 4.69. The van der Waals surface area contributed by atoms with E-state index in [9.17, 15) is 14.7 Å². The molecule has 0 saturated carbocycles. The molecule has 2 rings (SSSR count). The highest BCUT2D eigenvalue weighted by Gasteiger charge is 2.33. The van der Waals surface area contributed by atoms with Crippen LogP contribution in [0, 0.1) is 5.92 Å². The Morgan fingerprint density at radius 2 is 2.08 bits per heavy atom. The monoisotopic (exact) mass is 333 g/mol. The largest absolute Gasteiger partial charge is 0.481 e. The summed E-state index contributed by atoms with van der Waals surface area (Å²) in [6, 6.07) is 3.72. The van der Waals surface area contributed by atoms with Crippen LogP contribution in [0.25, 0.3) is 0 Å². The zero-order valence-corrected chi connectivity index (χ0v) is 14.7. The van der Waals surface area contributed by atoms with E-state index in [1.807, 2.05) is 13.0 Å². The third kappa shape index (κ3) is 4.04. The number of piperidine rings is 1. The molecule has 0 bridgehead atoms. The lowest BCUT2D eigenvalue weighted by Gasteiger charge is -2.36. The van der Waals surface area contributed by atoms with E-state index in [0.29, 0.717) is 18.4 Å². The van der Waals surface area contributed by atoms with Gasteiger partial charge in [0.1, 0.15) is 5.82 Å². The first-order chi connectivity index (χ1) is 11.5. The van der Waals surface area contributed by atoms with Crippen LogP contribution in [0.15, 0.2) is 18.3 Å². The fraction of sp³-hybridized carbons (Fsp3) is 0.611. The van der Waals surface area contributed by atoms with Crippen molar-refractivity contribution in [3.63, 3.8) is 0 Å². The molecule has 1 aliphatic heterocycles. The lowest BCUT2D eigenvalue weighted by molar-refractivity contribution is -0.143. The molecule has 6 nitrogen and oxygen atoms in total. The van der Waals surface area contributed by atoms with Crippen LogP contribution in [0.1, 0.15) is 50.4 Å². The number of amides is 1. The van der Waals surface area contributed by atoms with Gasteiger partial charge in [-0.25, -0.2) is 4.98 Å². The van der Waals surface area contributed by atoms with E-state index in [0.717, 1.165) is 25.3 Å². The second-order valence-electron chi connectivity index (χ2n) is 6.40. The standard InChI is InChI=1S/C18H27N3O3/c1-4-10-20(5-2)16-9-8-14(11-19-16)17(22)21-12-15(18(23)24)7-6-13(21)3/h8-9,11,13,15H,4-7,10,12H2,1-3H3,(H,23,24).